The molecule has 0 saturated heterocycles. The Kier molecular flexibility index (Phi) is 3.60. The number of nitrogen functional groups attached to an aromatic ring is 1. The van der Waals surface area contributed by atoms with E-state index in [0.29, 0.717) is 0 Å². The predicted molar refractivity (Wildman–Crippen MR) is 68.0 cm³/mol. The largest absolute Gasteiger partial charge is 0.418 e. The summed E-state index contributed by atoms with van der Waals surface area (Å²) in [5.41, 5.74) is 3.98. The fourth-order valence-electron chi connectivity index (χ4n) is 1.59. The summed E-state index contributed by atoms with van der Waals surface area (Å²) >= 11 is 0. The molecule has 0 radical (unpaired) electrons. The van der Waals surface area contributed by atoms with Gasteiger partial charge in [-0.15, -0.1) is 0 Å². The Morgan fingerprint density at radius 2 is 1.95 bits per heavy atom. The van der Waals surface area contributed by atoms with E-state index in [0.717, 1.165) is 12.1 Å². The number of aromatic nitrogens is 1. The van der Waals surface area contributed by atoms with Gasteiger partial charge in [0.25, 0.3) is 5.91 Å². The number of anilines is 2. The monoisotopic (exact) mass is 281 g/mol. The zero-order valence-electron chi connectivity index (χ0n) is 10.1. The number of hydrogen-bond acceptors (Lipinski definition) is 3. The summed E-state index contributed by atoms with van der Waals surface area (Å²) < 4.78 is 38.6. The smallest absolute Gasteiger partial charge is 0.399 e. The van der Waals surface area contributed by atoms with Gasteiger partial charge in [-0.1, -0.05) is 6.07 Å². The quantitative estimate of drug-likeness (QED) is 0.832. The summed E-state index contributed by atoms with van der Waals surface area (Å²) in [7, 11) is 0. The molecule has 0 aliphatic rings. The molecule has 0 atom stereocenters. The van der Waals surface area contributed by atoms with E-state index in [1.54, 1.807) is 12.1 Å². The van der Waals surface area contributed by atoms with Crippen molar-refractivity contribution in [1.82, 2.24) is 4.98 Å². The summed E-state index contributed by atoms with van der Waals surface area (Å²) in [5, 5.41) is 2.18. The highest BCUT2D eigenvalue weighted by molar-refractivity contribution is 6.03. The van der Waals surface area contributed by atoms with Gasteiger partial charge in [0.05, 0.1) is 11.3 Å². The maximum atomic E-state index is 12.9. The SMILES string of the molecule is Nc1ccc(NC(=O)c2ccccn2)c(C(F)(F)F)c1. The number of carbonyl (C=O) groups excluding carboxylic acids is 1. The zero-order valence-corrected chi connectivity index (χ0v) is 10.1. The number of carbonyl (C=O) groups is 1. The first kappa shape index (κ1) is 13.9. The van der Waals surface area contributed by atoms with Crippen LogP contribution < -0.4 is 11.1 Å². The molecule has 0 bridgehead atoms. The van der Waals surface area contributed by atoms with Crippen LogP contribution in [0.15, 0.2) is 42.6 Å². The average molecular weight is 281 g/mol. The third kappa shape index (κ3) is 3.05. The van der Waals surface area contributed by atoms with Crippen LogP contribution in [0.1, 0.15) is 16.1 Å². The van der Waals surface area contributed by atoms with Crippen molar-refractivity contribution in [2.24, 2.45) is 0 Å². The molecule has 20 heavy (non-hydrogen) atoms. The van der Waals surface area contributed by atoms with Crippen LogP contribution in [0.5, 0.6) is 0 Å². The van der Waals surface area contributed by atoms with Crippen molar-refractivity contribution in [2.45, 2.75) is 6.18 Å². The van der Waals surface area contributed by atoms with Crippen LogP contribution in [-0.4, -0.2) is 10.9 Å². The number of benzene rings is 1. The van der Waals surface area contributed by atoms with Crippen LogP contribution in [0.2, 0.25) is 0 Å². The number of pyridine rings is 1. The van der Waals surface area contributed by atoms with E-state index >= 15 is 0 Å². The highest BCUT2D eigenvalue weighted by atomic mass is 19.4. The van der Waals surface area contributed by atoms with Gasteiger partial charge in [0.1, 0.15) is 5.69 Å². The van der Waals surface area contributed by atoms with Crippen molar-refractivity contribution in [3.8, 4) is 0 Å². The maximum absolute atomic E-state index is 12.9. The maximum Gasteiger partial charge on any atom is 0.418 e. The molecule has 104 valence electrons. The van der Waals surface area contributed by atoms with Gasteiger partial charge in [0.2, 0.25) is 0 Å². The number of rotatable bonds is 2. The van der Waals surface area contributed by atoms with Crippen molar-refractivity contribution < 1.29 is 18.0 Å². The van der Waals surface area contributed by atoms with Gasteiger partial charge in [0.15, 0.2) is 0 Å². The lowest BCUT2D eigenvalue weighted by Crippen LogP contribution is -2.17. The normalized spacial score (nSPS) is 11.2. The number of halogens is 3. The fraction of sp³-hybridized carbons (Fsp3) is 0.0769. The minimum Gasteiger partial charge on any atom is -0.399 e. The second-order valence-electron chi connectivity index (χ2n) is 3.97. The average Bonchev–Trinajstić information content (AvgIpc) is 2.40. The Balaban J connectivity index is 2.33. The highest BCUT2D eigenvalue weighted by Crippen LogP contribution is 2.36. The van der Waals surface area contributed by atoms with E-state index in [-0.39, 0.29) is 17.1 Å². The molecule has 1 heterocycles. The van der Waals surface area contributed by atoms with Gasteiger partial charge >= 0.3 is 6.18 Å². The lowest BCUT2D eigenvalue weighted by molar-refractivity contribution is -0.136. The van der Waals surface area contributed by atoms with Crippen molar-refractivity contribution in [1.29, 1.82) is 0 Å². The van der Waals surface area contributed by atoms with Crippen molar-refractivity contribution in [2.75, 3.05) is 11.1 Å². The van der Waals surface area contributed by atoms with Crippen LogP contribution in [-0.2, 0) is 6.18 Å². The Morgan fingerprint density at radius 3 is 2.55 bits per heavy atom. The number of nitrogens with two attached hydrogens (primary N) is 1. The van der Waals surface area contributed by atoms with Gasteiger partial charge < -0.3 is 11.1 Å². The second kappa shape index (κ2) is 5.20. The molecule has 0 saturated carbocycles. The van der Waals surface area contributed by atoms with E-state index in [2.05, 4.69) is 10.3 Å². The molecular formula is C13H10F3N3O. The van der Waals surface area contributed by atoms with E-state index in [9.17, 15) is 18.0 Å². The number of alkyl halides is 3. The molecule has 0 unspecified atom stereocenters. The van der Waals surface area contributed by atoms with Gasteiger partial charge in [-0.05, 0) is 30.3 Å². The Morgan fingerprint density at radius 1 is 1.20 bits per heavy atom. The van der Waals surface area contributed by atoms with Crippen LogP contribution in [0, 0.1) is 0 Å². The zero-order chi connectivity index (χ0) is 14.8. The van der Waals surface area contributed by atoms with Crippen molar-refractivity contribution in [3.05, 3.63) is 53.9 Å². The first-order valence-electron chi connectivity index (χ1n) is 5.57. The Labute approximate surface area is 112 Å². The summed E-state index contributed by atoms with van der Waals surface area (Å²) in [6, 6.07) is 7.73. The first-order chi connectivity index (χ1) is 9.38. The molecule has 7 heteroatoms. The van der Waals surface area contributed by atoms with Gasteiger partial charge in [-0.2, -0.15) is 13.2 Å². The third-order valence-corrected chi connectivity index (χ3v) is 2.49. The second-order valence-corrected chi connectivity index (χ2v) is 3.97. The van der Waals surface area contributed by atoms with E-state index < -0.39 is 17.6 Å². The fourth-order valence-corrected chi connectivity index (χ4v) is 1.59. The summed E-state index contributed by atoms with van der Waals surface area (Å²) in [4.78, 5) is 15.6. The predicted octanol–water partition coefficient (Wildman–Crippen LogP) is 2.93. The van der Waals surface area contributed by atoms with E-state index in [4.69, 9.17) is 5.73 Å². The summed E-state index contributed by atoms with van der Waals surface area (Å²) in [6.45, 7) is 0. The van der Waals surface area contributed by atoms with Crippen LogP contribution in [0.4, 0.5) is 24.5 Å². The summed E-state index contributed by atoms with van der Waals surface area (Å²) in [5.74, 6) is -0.721. The number of nitrogens with one attached hydrogen (secondary N) is 1. The van der Waals surface area contributed by atoms with Gasteiger partial charge in [-0.3, -0.25) is 9.78 Å². The van der Waals surface area contributed by atoms with Gasteiger partial charge in [0, 0.05) is 11.9 Å². The topological polar surface area (TPSA) is 68.0 Å². The molecule has 1 amide bonds. The van der Waals surface area contributed by atoms with Crippen LogP contribution >= 0.6 is 0 Å². The molecule has 0 aliphatic heterocycles. The lowest BCUT2D eigenvalue weighted by Gasteiger charge is -2.14. The minimum atomic E-state index is -4.61. The molecule has 1 aromatic carbocycles. The van der Waals surface area contributed by atoms with Crippen LogP contribution in [0.25, 0.3) is 0 Å². The van der Waals surface area contributed by atoms with Crippen molar-refractivity contribution >= 4 is 17.3 Å². The minimum absolute atomic E-state index is 0.0254. The number of nitrogens with zero attached hydrogens (tertiary/aromatic N) is 1. The highest BCUT2D eigenvalue weighted by Gasteiger charge is 2.34. The number of hydrogen-bond donors (Lipinski definition) is 2. The van der Waals surface area contributed by atoms with Crippen molar-refractivity contribution in [3.63, 3.8) is 0 Å². The Hall–Kier alpha value is -2.57. The molecule has 1 aromatic heterocycles. The van der Waals surface area contributed by atoms with E-state index in [1.165, 1.54) is 18.3 Å². The first-order valence-corrected chi connectivity index (χ1v) is 5.57. The Bertz CT molecular complexity index is 627. The molecule has 0 spiro atoms. The van der Waals surface area contributed by atoms with Crippen LogP contribution in [0.3, 0.4) is 0 Å². The molecule has 2 aromatic rings. The molecule has 4 nitrogen and oxygen atoms in total. The molecule has 3 N–H and O–H groups in total. The van der Waals surface area contributed by atoms with E-state index in [1.807, 2.05) is 0 Å². The third-order valence-electron chi connectivity index (χ3n) is 2.49. The molecule has 2 rings (SSSR count). The summed E-state index contributed by atoms with van der Waals surface area (Å²) in [6.07, 6.45) is -3.23. The van der Waals surface area contributed by atoms with Gasteiger partial charge in [-0.25, -0.2) is 0 Å². The molecular weight excluding hydrogens is 271 g/mol. The molecule has 0 fully saturated rings. The lowest BCUT2D eigenvalue weighted by atomic mass is 10.1. The standard InChI is InChI=1S/C13H10F3N3O/c14-13(15,16)9-7-8(17)4-5-10(9)19-12(20)11-3-1-2-6-18-11/h1-7H,17H2,(H,19,20). The number of amides is 1. The molecule has 0 aliphatic carbocycles.